The predicted molar refractivity (Wildman–Crippen MR) is 124 cm³/mol. The minimum absolute atomic E-state index is 0.0377. The number of fused-ring (bicyclic) bond motifs is 1. The van der Waals surface area contributed by atoms with Gasteiger partial charge in [-0.2, -0.15) is 13.2 Å². The van der Waals surface area contributed by atoms with E-state index in [0.29, 0.717) is 10.5 Å². The fraction of sp³-hybridized carbons (Fsp3) is 0.125. The number of non-ortho nitro benzene ring substituents is 1. The van der Waals surface area contributed by atoms with E-state index in [1.807, 2.05) is 0 Å². The molecule has 1 atom stereocenters. The monoisotopic (exact) mass is 498 g/mol. The number of aliphatic imine (C=N–C) groups is 1. The molecule has 184 valence electrons. The number of anilines is 2. The molecule has 9 nitrogen and oxygen atoms in total. The molecule has 3 aromatic carbocycles. The van der Waals surface area contributed by atoms with Crippen LogP contribution >= 0.6 is 0 Å². The van der Waals surface area contributed by atoms with Crippen molar-refractivity contribution >= 4 is 34.8 Å². The van der Waals surface area contributed by atoms with Crippen molar-refractivity contribution in [3.05, 3.63) is 100 Å². The van der Waals surface area contributed by atoms with Gasteiger partial charge in [-0.1, -0.05) is 48.5 Å². The van der Waals surface area contributed by atoms with Crippen molar-refractivity contribution in [3.8, 4) is 0 Å². The molecule has 1 aliphatic rings. The Labute approximate surface area is 202 Å². The summed E-state index contributed by atoms with van der Waals surface area (Å²) < 4.78 is 45.4. The molecule has 36 heavy (non-hydrogen) atoms. The number of hydrogen-bond donors (Lipinski definition) is 1. The molecule has 0 spiro atoms. The second-order valence-corrected chi connectivity index (χ2v) is 7.59. The molecule has 0 fully saturated rings. The van der Waals surface area contributed by atoms with Gasteiger partial charge in [-0.25, -0.2) is 9.79 Å². The summed E-state index contributed by atoms with van der Waals surface area (Å²) in [5.74, 6) is -1.19. The Balaban J connectivity index is 1.70. The first-order valence-corrected chi connectivity index (χ1v) is 10.5. The van der Waals surface area contributed by atoms with E-state index in [0.717, 1.165) is 12.1 Å². The molecule has 1 N–H and O–H groups in total. The minimum Gasteiger partial charge on any atom is -0.414 e. The predicted octanol–water partition coefficient (Wildman–Crippen LogP) is 4.92. The van der Waals surface area contributed by atoms with E-state index >= 15 is 0 Å². The summed E-state index contributed by atoms with van der Waals surface area (Å²) in [5, 5.41) is 13.1. The molecule has 0 radical (unpaired) electrons. The van der Waals surface area contributed by atoms with E-state index in [-0.39, 0.29) is 28.3 Å². The molecular weight excluding hydrogens is 481 g/mol. The third-order valence-electron chi connectivity index (χ3n) is 5.10. The van der Waals surface area contributed by atoms with E-state index in [1.54, 1.807) is 36.4 Å². The Kier molecular flexibility index (Phi) is 6.68. The van der Waals surface area contributed by atoms with Crippen molar-refractivity contribution in [1.29, 1.82) is 0 Å². The molecule has 1 aliphatic heterocycles. The number of nitro benzene ring substituents is 1. The summed E-state index contributed by atoms with van der Waals surface area (Å²) in [6, 6.07) is 19.2. The lowest BCUT2D eigenvalue weighted by molar-refractivity contribution is -0.384. The number of carbonyl (C=O) groups excluding carboxylic acids is 2. The fourth-order valence-electron chi connectivity index (χ4n) is 3.56. The standard InChI is InChI=1S/C24H17F3N4O5/c25-24(26,27)14-30-19-9-5-4-8-18(19)20(15-6-2-1-3-7-15)29-21(22(30)32)36-23(33)28-16-10-12-17(13-11-16)31(34)35/h1-13,21H,14H2,(H,28,33)/t21-/m1/s1. The Morgan fingerprint density at radius 1 is 1.03 bits per heavy atom. The van der Waals surface area contributed by atoms with Gasteiger partial charge in [0.15, 0.2) is 0 Å². The van der Waals surface area contributed by atoms with Crippen molar-refractivity contribution in [1.82, 2.24) is 0 Å². The summed E-state index contributed by atoms with van der Waals surface area (Å²) >= 11 is 0. The highest BCUT2D eigenvalue weighted by molar-refractivity contribution is 6.20. The second-order valence-electron chi connectivity index (χ2n) is 7.59. The van der Waals surface area contributed by atoms with Gasteiger partial charge in [-0.05, 0) is 18.2 Å². The summed E-state index contributed by atoms with van der Waals surface area (Å²) in [6.07, 6.45) is -7.87. The molecule has 12 heteroatoms. The molecule has 0 saturated heterocycles. The van der Waals surface area contributed by atoms with Crippen LogP contribution in [0.15, 0.2) is 83.9 Å². The van der Waals surface area contributed by atoms with Crippen LogP contribution in [0.3, 0.4) is 0 Å². The molecule has 2 amide bonds. The van der Waals surface area contributed by atoms with Crippen molar-refractivity contribution in [2.45, 2.75) is 12.4 Å². The van der Waals surface area contributed by atoms with E-state index in [4.69, 9.17) is 4.74 Å². The average molecular weight is 498 g/mol. The van der Waals surface area contributed by atoms with Crippen LogP contribution in [0.2, 0.25) is 0 Å². The van der Waals surface area contributed by atoms with Gasteiger partial charge < -0.3 is 4.74 Å². The van der Waals surface area contributed by atoms with E-state index < -0.39 is 35.9 Å². The van der Waals surface area contributed by atoms with Crippen LogP contribution in [0.25, 0.3) is 0 Å². The number of carbonyl (C=O) groups is 2. The first-order chi connectivity index (χ1) is 17.1. The zero-order valence-corrected chi connectivity index (χ0v) is 18.3. The van der Waals surface area contributed by atoms with Crippen LogP contribution in [-0.4, -0.2) is 41.6 Å². The van der Waals surface area contributed by atoms with Gasteiger partial charge in [0, 0.05) is 28.9 Å². The molecule has 0 bridgehead atoms. The SMILES string of the molecule is O=C(Nc1ccc([N+](=O)[O-])cc1)O[C@H]1N=C(c2ccccc2)c2ccccc2N(CC(F)(F)F)C1=O. The number of para-hydroxylation sites is 1. The molecule has 0 saturated carbocycles. The fourth-order valence-corrected chi connectivity index (χ4v) is 3.56. The van der Waals surface area contributed by atoms with Crippen LogP contribution < -0.4 is 10.2 Å². The minimum atomic E-state index is -4.74. The summed E-state index contributed by atoms with van der Waals surface area (Å²) in [6.45, 7) is -1.62. The maximum Gasteiger partial charge on any atom is 0.414 e. The highest BCUT2D eigenvalue weighted by Crippen LogP contribution is 2.31. The number of halogens is 3. The largest absolute Gasteiger partial charge is 0.414 e. The molecule has 3 aromatic rings. The number of alkyl halides is 3. The van der Waals surface area contributed by atoms with Gasteiger partial charge >= 0.3 is 12.3 Å². The summed E-state index contributed by atoms with van der Waals surface area (Å²) in [5.41, 5.74) is 0.765. The summed E-state index contributed by atoms with van der Waals surface area (Å²) in [4.78, 5) is 40.7. The lowest BCUT2D eigenvalue weighted by Crippen LogP contribution is -2.45. The molecule has 0 aliphatic carbocycles. The molecule has 4 rings (SSSR count). The molecular formula is C24H17F3N4O5. The van der Waals surface area contributed by atoms with Crippen molar-refractivity contribution in [3.63, 3.8) is 0 Å². The summed E-state index contributed by atoms with van der Waals surface area (Å²) in [7, 11) is 0. The lowest BCUT2D eigenvalue weighted by Gasteiger charge is -2.25. The third-order valence-corrected chi connectivity index (χ3v) is 5.10. The maximum absolute atomic E-state index is 13.4. The van der Waals surface area contributed by atoms with Gasteiger partial charge in [-0.3, -0.25) is 25.1 Å². The normalized spacial score (nSPS) is 15.4. The topological polar surface area (TPSA) is 114 Å². The van der Waals surface area contributed by atoms with Crippen molar-refractivity contribution < 1.29 is 32.4 Å². The third kappa shape index (κ3) is 5.49. The highest BCUT2D eigenvalue weighted by atomic mass is 19.4. The molecule has 0 unspecified atom stereocenters. The number of amides is 2. The number of benzodiazepines with no additional fused rings is 1. The number of hydrogen-bond acceptors (Lipinski definition) is 6. The van der Waals surface area contributed by atoms with Gasteiger partial charge in [0.05, 0.1) is 16.3 Å². The van der Waals surface area contributed by atoms with Gasteiger partial charge in [0.2, 0.25) is 0 Å². The van der Waals surface area contributed by atoms with E-state index in [9.17, 15) is 32.9 Å². The number of nitrogens with zero attached hydrogens (tertiary/aromatic N) is 3. The van der Waals surface area contributed by atoms with E-state index in [1.165, 1.54) is 30.3 Å². The quantitative estimate of drug-likeness (QED) is 0.396. The number of nitro groups is 1. The second kappa shape index (κ2) is 9.86. The van der Waals surface area contributed by atoms with Crippen molar-refractivity contribution in [2.75, 3.05) is 16.8 Å². The van der Waals surface area contributed by atoms with Crippen LogP contribution in [-0.2, 0) is 9.53 Å². The first kappa shape index (κ1) is 24.4. The Hall–Kier alpha value is -4.74. The van der Waals surface area contributed by atoms with Crippen LogP contribution in [0.1, 0.15) is 11.1 Å². The molecule has 1 heterocycles. The lowest BCUT2D eigenvalue weighted by atomic mass is 10.0. The Morgan fingerprint density at radius 3 is 2.31 bits per heavy atom. The van der Waals surface area contributed by atoms with Crippen LogP contribution in [0, 0.1) is 10.1 Å². The maximum atomic E-state index is 13.4. The Bertz CT molecular complexity index is 1330. The number of ether oxygens (including phenoxy) is 1. The van der Waals surface area contributed by atoms with Crippen molar-refractivity contribution in [2.24, 2.45) is 4.99 Å². The zero-order chi connectivity index (χ0) is 25.9. The zero-order valence-electron chi connectivity index (χ0n) is 18.3. The highest BCUT2D eigenvalue weighted by Gasteiger charge is 2.40. The first-order valence-electron chi connectivity index (χ1n) is 10.5. The average Bonchev–Trinajstić information content (AvgIpc) is 2.95. The van der Waals surface area contributed by atoms with Gasteiger partial charge in [0.25, 0.3) is 17.8 Å². The smallest absolute Gasteiger partial charge is 0.414 e. The van der Waals surface area contributed by atoms with Crippen LogP contribution in [0.5, 0.6) is 0 Å². The number of rotatable bonds is 5. The molecule has 0 aromatic heterocycles. The van der Waals surface area contributed by atoms with Gasteiger partial charge in [-0.15, -0.1) is 0 Å². The number of nitrogens with one attached hydrogen (secondary N) is 1. The Morgan fingerprint density at radius 2 is 1.67 bits per heavy atom. The number of benzene rings is 3. The van der Waals surface area contributed by atoms with E-state index in [2.05, 4.69) is 10.3 Å². The van der Waals surface area contributed by atoms with Gasteiger partial charge in [0.1, 0.15) is 6.54 Å². The van der Waals surface area contributed by atoms with Crippen LogP contribution in [0.4, 0.5) is 35.0 Å².